The quantitative estimate of drug-likeness (QED) is 0.0820. The Balaban J connectivity index is 3.71. The largest absolute Gasteiger partial charge is 0.465 e. The molecular weight excluding hydrogens is 424 g/mol. The number of unbranched alkanes of at least 4 members (excludes halogenated alkanes) is 13. The van der Waals surface area contributed by atoms with Crippen molar-refractivity contribution < 1.29 is 19.0 Å². The van der Waals surface area contributed by atoms with Crippen LogP contribution < -0.4 is 0 Å². The molecule has 0 bridgehead atoms. The van der Waals surface area contributed by atoms with Crippen molar-refractivity contribution in [2.24, 2.45) is 5.92 Å². The summed E-state index contributed by atoms with van der Waals surface area (Å²) in [5.41, 5.74) is 0. The van der Waals surface area contributed by atoms with Crippen molar-refractivity contribution in [2.75, 3.05) is 33.0 Å². The van der Waals surface area contributed by atoms with Gasteiger partial charge in [-0.25, -0.2) is 0 Å². The van der Waals surface area contributed by atoms with E-state index in [0.29, 0.717) is 38.8 Å². The zero-order valence-corrected chi connectivity index (χ0v) is 23.4. The third-order valence-electron chi connectivity index (χ3n) is 6.60. The summed E-state index contributed by atoms with van der Waals surface area (Å²) >= 11 is 0. The zero-order valence-electron chi connectivity index (χ0n) is 23.4. The smallest absolute Gasteiger partial charge is 0.305 e. The van der Waals surface area contributed by atoms with E-state index < -0.39 is 0 Å². The lowest BCUT2D eigenvalue weighted by Crippen LogP contribution is -2.15. The summed E-state index contributed by atoms with van der Waals surface area (Å²) in [5, 5.41) is 0. The van der Waals surface area contributed by atoms with E-state index in [1.165, 1.54) is 109 Å². The maximum atomic E-state index is 12.2. The highest BCUT2D eigenvalue weighted by atomic mass is 16.5. The molecule has 0 aromatic heterocycles. The van der Waals surface area contributed by atoms with E-state index in [4.69, 9.17) is 14.2 Å². The maximum Gasteiger partial charge on any atom is 0.305 e. The predicted octanol–water partition coefficient (Wildman–Crippen LogP) is 9.04. The molecule has 0 radical (unpaired) electrons. The molecule has 0 aliphatic rings. The van der Waals surface area contributed by atoms with Crippen LogP contribution in [-0.4, -0.2) is 39.0 Å². The van der Waals surface area contributed by atoms with Crippen LogP contribution in [0, 0.1) is 5.92 Å². The van der Waals surface area contributed by atoms with Gasteiger partial charge in [0.2, 0.25) is 0 Å². The Morgan fingerprint density at radius 3 is 1.53 bits per heavy atom. The molecule has 4 nitrogen and oxygen atoms in total. The summed E-state index contributed by atoms with van der Waals surface area (Å²) < 4.78 is 16.9. The fourth-order valence-electron chi connectivity index (χ4n) is 4.29. The molecule has 204 valence electrons. The van der Waals surface area contributed by atoms with Gasteiger partial charge in [-0.2, -0.15) is 0 Å². The van der Waals surface area contributed by atoms with Crippen molar-refractivity contribution in [3.8, 4) is 0 Å². The fourth-order valence-corrected chi connectivity index (χ4v) is 4.29. The summed E-state index contributed by atoms with van der Waals surface area (Å²) in [5.74, 6) is 0.469. The molecule has 0 saturated heterocycles. The number of ether oxygens (including phenoxy) is 3. The molecule has 0 amide bonds. The SMILES string of the molecule is CCCCCCCCOCCOCCCC(=O)OCC(CCCCCC)CCCCCCCC. The molecular formula is C30H60O4. The van der Waals surface area contributed by atoms with Crippen LogP contribution in [0.3, 0.4) is 0 Å². The third-order valence-corrected chi connectivity index (χ3v) is 6.60. The van der Waals surface area contributed by atoms with E-state index >= 15 is 0 Å². The standard InChI is InChI=1S/C30H60O4/c1-4-7-10-13-15-18-22-29(21-17-12-9-6-3)28-34-30(31)23-20-25-33-27-26-32-24-19-16-14-11-8-5-2/h29H,4-28H2,1-3H3. The molecule has 1 atom stereocenters. The molecule has 34 heavy (non-hydrogen) atoms. The Bertz CT molecular complexity index is 399. The Labute approximate surface area is 213 Å². The second-order valence-electron chi connectivity index (χ2n) is 10.1. The van der Waals surface area contributed by atoms with E-state index in [1.54, 1.807) is 0 Å². The van der Waals surface area contributed by atoms with Crippen molar-refractivity contribution in [2.45, 2.75) is 149 Å². The lowest BCUT2D eigenvalue weighted by Gasteiger charge is -2.17. The number of esters is 1. The summed E-state index contributed by atoms with van der Waals surface area (Å²) in [6.07, 6.45) is 24.4. The monoisotopic (exact) mass is 484 g/mol. The third kappa shape index (κ3) is 26.0. The average Bonchev–Trinajstić information content (AvgIpc) is 2.84. The highest BCUT2D eigenvalue weighted by Gasteiger charge is 2.12. The second kappa shape index (κ2) is 28.6. The van der Waals surface area contributed by atoms with E-state index in [0.717, 1.165) is 19.4 Å². The van der Waals surface area contributed by atoms with Gasteiger partial charge in [0.25, 0.3) is 0 Å². The minimum atomic E-state index is -0.0653. The molecule has 0 heterocycles. The molecule has 0 rings (SSSR count). The lowest BCUT2D eigenvalue weighted by atomic mass is 9.95. The van der Waals surface area contributed by atoms with E-state index in [9.17, 15) is 4.79 Å². The second-order valence-corrected chi connectivity index (χ2v) is 10.1. The maximum absolute atomic E-state index is 12.2. The van der Waals surface area contributed by atoms with Gasteiger partial charge in [0.05, 0.1) is 19.8 Å². The Morgan fingerprint density at radius 2 is 0.971 bits per heavy atom. The summed E-state index contributed by atoms with van der Waals surface area (Å²) in [6.45, 7) is 10.1. The van der Waals surface area contributed by atoms with Gasteiger partial charge < -0.3 is 14.2 Å². The highest BCUT2D eigenvalue weighted by Crippen LogP contribution is 2.19. The van der Waals surface area contributed by atoms with Gasteiger partial charge in [-0.05, 0) is 31.6 Å². The van der Waals surface area contributed by atoms with Crippen LogP contribution in [0.25, 0.3) is 0 Å². The van der Waals surface area contributed by atoms with Crippen molar-refractivity contribution in [1.29, 1.82) is 0 Å². The molecule has 0 saturated carbocycles. The Morgan fingerprint density at radius 1 is 0.529 bits per heavy atom. The molecule has 0 aliphatic heterocycles. The minimum Gasteiger partial charge on any atom is -0.465 e. The number of rotatable bonds is 28. The van der Waals surface area contributed by atoms with Crippen molar-refractivity contribution in [1.82, 2.24) is 0 Å². The Kier molecular flexibility index (Phi) is 28.1. The van der Waals surface area contributed by atoms with Crippen molar-refractivity contribution in [3.63, 3.8) is 0 Å². The van der Waals surface area contributed by atoms with Gasteiger partial charge >= 0.3 is 5.97 Å². The highest BCUT2D eigenvalue weighted by molar-refractivity contribution is 5.69. The van der Waals surface area contributed by atoms with Gasteiger partial charge in [0.1, 0.15) is 0 Å². The van der Waals surface area contributed by atoms with Crippen LogP contribution in [0.2, 0.25) is 0 Å². The Hall–Kier alpha value is -0.610. The fraction of sp³-hybridized carbons (Fsp3) is 0.967. The van der Waals surface area contributed by atoms with Gasteiger partial charge in [-0.3, -0.25) is 4.79 Å². The molecule has 0 fully saturated rings. The van der Waals surface area contributed by atoms with Crippen LogP contribution >= 0.6 is 0 Å². The first-order chi connectivity index (χ1) is 16.7. The molecule has 0 spiro atoms. The lowest BCUT2D eigenvalue weighted by molar-refractivity contribution is -0.145. The van der Waals surface area contributed by atoms with Gasteiger partial charge in [0.15, 0.2) is 0 Å². The normalized spacial score (nSPS) is 12.2. The number of carbonyl (C=O) groups is 1. The average molecular weight is 485 g/mol. The molecule has 0 aliphatic carbocycles. The molecule has 4 heteroatoms. The molecule has 0 N–H and O–H groups in total. The van der Waals surface area contributed by atoms with Gasteiger partial charge in [-0.15, -0.1) is 0 Å². The van der Waals surface area contributed by atoms with Gasteiger partial charge in [0, 0.05) is 19.6 Å². The number of hydrogen-bond donors (Lipinski definition) is 0. The summed E-state index contributed by atoms with van der Waals surface area (Å²) in [6, 6.07) is 0. The van der Waals surface area contributed by atoms with Crippen LogP contribution in [-0.2, 0) is 19.0 Å². The predicted molar refractivity (Wildman–Crippen MR) is 145 cm³/mol. The number of carbonyl (C=O) groups excluding carboxylic acids is 1. The first-order valence-electron chi connectivity index (χ1n) is 15.1. The summed E-state index contributed by atoms with van der Waals surface area (Å²) in [4.78, 5) is 12.2. The number of hydrogen-bond acceptors (Lipinski definition) is 4. The van der Waals surface area contributed by atoms with E-state index in [2.05, 4.69) is 20.8 Å². The minimum absolute atomic E-state index is 0.0653. The van der Waals surface area contributed by atoms with Crippen LogP contribution in [0.4, 0.5) is 0 Å². The first kappa shape index (κ1) is 33.4. The van der Waals surface area contributed by atoms with Crippen LogP contribution in [0.1, 0.15) is 149 Å². The van der Waals surface area contributed by atoms with Crippen molar-refractivity contribution in [3.05, 3.63) is 0 Å². The van der Waals surface area contributed by atoms with Gasteiger partial charge in [-0.1, -0.05) is 117 Å². The van der Waals surface area contributed by atoms with Crippen molar-refractivity contribution >= 4 is 5.97 Å². The first-order valence-corrected chi connectivity index (χ1v) is 15.1. The van der Waals surface area contributed by atoms with Crippen LogP contribution in [0.15, 0.2) is 0 Å². The molecule has 0 aromatic rings. The van der Waals surface area contributed by atoms with E-state index in [-0.39, 0.29) is 5.97 Å². The molecule has 0 aromatic carbocycles. The topological polar surface area (TPSA) is 44.8 Å². The molecule has 1 unspecified atom stereocenters. The van der Waals surface area contributed by atoms with E-state index in [1.807, 2.05) is 0 Å². The van der Waals surface area contributed by atoms with Crippen LogP contribution in [0.5, 0.6) is 0 Å². The summed E-state index contributed by atoms with van der Waals surface area (Å²) in [7, 11) is 0. The zero-order chi connectivity index (χ0) is 25.0.